The smallest absolute Gasteiger partial charge is 0.406 e. The van der Waals surface area contributed by atoms with E-state index < -0.39 is 6.36 Å². The van der Waals surface area contributed by atoms with Crippen molar-refractivity contribution in [1.82, 2.24) is 5.43 Å². The molecule has 1 aromatic rings. The lowest BCUT2D eigenvalue weighted by atomic mass is 10.1. The summed E-state index contributed by atoms with van der Waals surface area (Å²) in [4.78, 5) is 0. The summed E-state index contributed by atoms with van der Waals surface area (Å²) < 4.78 is 39.6. The number of hydrogen-bond donors (Lipinski definition) is 1. The number of benzene rings is 1. The number of ether oxygens (including phenoxy) is 1. The van der Waals surface area contributed by atoms with E-state index in [0.29, 0.717) is 0 Å². The molecule has 0 fully saturated rings. The van der Waals surface area contributed by atoms with Gasteiger partial charge in [0, 0.05) is 5.75 Å². The average molecular weight is 262 g/mol. The van der Waals surface area contributed by atoms with Gasteiger partial charge in [-0.2, -0.15) is 5.10 Å². The van der Waals surface area contributed by atoms with Crippen LogP contribution in [0.3, 0.4) is 0 Å². The topological polar surface area (TPSA) is 33.6 Å². The number of rotatable bonds is 2. The van der Waals surface area contributed by atoms with Crippen molar-refractivity contribution in [2.45, 2.75) is 6.36 Å². The Morgan fingerprint density at radius 2 is 1.94 bits per heavy atom. The van der Waals surface area contributed by atoms with Crippen LogP contribution in [0.4, 0.5) is 13.2 Å². The summed E-state index contributed by atoms with van der Waals surface area (Å²) in [6, 6.07) is 5.69. The third kappa shape index (κ3) is 3.55. The van der Waals surface area contributed by atoms with E-state index in [1.165, 1.54) is 12.1 Å². The Kier molecular flexibility index (Phi) is 3.46. The number of hydrogen-bond acceptors (Lipinski definition) is 4. The number of hydrazone groups is 1. The molecule has 0 saturated heterocycles. The fourth-order valence-corrected chi connectivity index (χ4v) is 2.03. The molecule has 92 valence electrons. The van der Waals surface area contributed by atoms with Crippen LogP contribution < -0.4 is 10.2 Å². The lowest BCUT2D eigenvalue weighted by molar-refractivity contribution is -0.274. The molecule has 1 heterocycles. The van der Waals surface area contributed by atoms with Crippen molar-refractivity contribution in [3.05, 3.63) is 29.8 Å². The van der Waals surface area contributed by atoms with Gasteiger partial charge in [0.25, 0.3) is 0 Å². The first-order chi connectivity index (χ1) is 8.04. The van der Waals surface area contributed by atoms with E-state index in [1.807, 2.05) is 0 Å². The van der Waals surface area contributed by atoms with Crippen molar-refractivity contribution < 1.29 is 17.9 Å². The number of nitrogens with one attached hydrogen (secondary N) is 1. The Labute approximate surface area is 100 Å². The zero-order chi connectivity index (χ0) is 12.3. The molecule has 0 atom stereocenters. The molecule has 0 amide bonds. The maximum absolute atomic E-state index is 11.9. The van der Waals surface area contributed by atoms with Crippen molar-refractivity contribution in [2.24, 2.45) is 5.10 Å². The molecular weight excluding hydrogens is 253 g/mol. The minimum absolute atomic E-state index is 0.224. The van der Waals surface area contributed by atoms with Gasteiger partial charge in [-0.05, 0) is 29.8 Å². The van der Waals surface area contributed by atoms with Crippen LogP contribution in [0, 0.1) is 0 Å². The predicted molar refractivity (Wildman–Crippen MR) is 60.1 cm³/mol. The van der Waals surface area contributed by atoms with E-state index in [1.54, 1.807) is 23.9 Å². The van der Waals surface area contributed by atoms with Crippen LogP contribution in [0.1, 0.15) is 5.56 Å². The highest BCUT2D eigenvalue weighted by molar-refractivity contribution is 8.00. The van der Waals surface area contributed by atoms with Gasteiger partial charge in [-0.25, -0.2) is 0 Å². The highest BCUT2D eigenvalue weighted by atomic mass is 32.2. The fourth-order valence-electron chi connectivity index (χ4n) is 1.35. The van der Waals surface area contributed by atoms with Gasteiger partial charge in [0.2, 0.25) is 0 Å². The van der Waals surface area contributed by atoms with Crippen LogP contribution in [0.5, 0.6) is 5.75 Å². The molecule has 3 nitrogen and oxygen atoms in total. The first-order valence-corrected chi connectivity index (χ1v) is 5.93. The summed E-state index contributed by atoms with van der Waals surface area (Å²) in [6.07, 6.45) is -4.65. The second kappa shape index (κ2) is 4.87. The lowest BCUT2D eigenvalue weighted by Gasteiger charge is -2.13. The maximum Gasteiger partial charge on any atom is 0.573 e. The van der Waals surface area contributed by atoms with Crippen LogP contribution in [-0.4, -0.2) is 23.7 Å². The third-order valence-corrected chi connectivity index (χ3v) is 2.85. The minimum Gasteiger partial charge on any atom is -0.406 e. The molecule has 7 heteroatoms. The zero-order valence-corrected chi connectivity index (χ0v) is 9.44. The SMILES string of the molecule is FC(F)(F)Oc1ccc(C2=NNCSC2)cc1. The summed E-state index contributed by atoms with van der Waals surface area (Å²) in [5.41, 5.74) is 4.44. The fraction of sp³-hybridized carbons (Fsp3) is 0.300. The molecule has 0 spiro atoms. The number of thioether (sulfide) groups is 1. The normalized spacial score (nSPS) is 16.1. The number of halogens is 3. The molecule has 2 rings (SSSR count). The number of alkyl halides is 3. The molecule has 1 N–H and O–H groups in total. The second-order valence-corrected chi connectivity index (χ2v) is 4.27. The third-order valence-electron chi connectivity index (χ3n) is 2.04. The van der Waals surface area contributed by atoms with Crippen LogP contribution in [0.15, 0.2) is 29.4 Å². The first-order valence-electron chi connectivity index (χ1n) is 4.78. The van der Waals surface area contributed by atoms with Gasteiger partial charge in [-0.1, -0.05) is 0 Å². The minimum atomic E-state index is -4.65. The molecular formula is C10H9F3N2OS. The summed E-state index contributed by atoms with van der Waals surface area (Å²) in [5.74, 6) is 1.27. The quantitative estimate of drug-likeness (QED) is 0.889. The van der Waals surface area contributed by atoms with Crippen molar-refractivity contribution in [3.8, 4) is 5.75 Å². The van der Waals surface area contributed by atoms with Crippen LogP contribution in [0.25, 0.3) is 0 Å². The Morgan fingerprint density at radius 3 is 2.47 bits per heavy atom. The monoisotopic (exact) mass is 262 g/mol. The molecule has 1 aliphatic rings. The maximum atomic E-state index is 11.9. The largest absolute Gasteiger partial charge is 0.573 e. The van der Waals surface area contributed by atoms with Gasteiger partial charge in [-0.3, -0.25) is 5.43 Å². The molecule has 1 aliphatic heterocycles. The molecule has 0 aliphatic carbocycles. The van der Waals surface area contributed by atoms with Crippen molar-refractivity contribution >= 4 is 17.5 Å². The summed E-state index contributed by atoms with van der Waals surface area (Å²) in [6.45, 7) is 0. The highest BCUT2D eigenvalue weighted by Gasteiger charge is 2.31. The van der Waals surface area contributed by atoms with Gasteiger partial charge in [0.15, 0.2) is 0 Å². The zero-order valence-electron chi connectivity index (χ0n) is 8.62. The highest BCUT2D eigenvalue weighted by Crippen LogP contribution is 2.23. The second-order valence-electron chi connectivity index (χ2n) is 3.28. The van der Waals surface area contributed by atoms with Crippen molar-refractivity contribution in [2.75, 3.05) is 11.6 Å². The van der Waals surface area contributed by atoms with E-state index >= 15 is 0 Å². The lowest BCUT2D eigenvalue weighted by Crippen LogP contribution is -2.20. The average Bonchev–Trinajstić information content (AvgIpc) is 2.29. The molecule has 0 saturated carbocycles. The Hall–Kier alpha value is -1.37. The van der Waals surface area contributed by atoms with Crippen LogP contribution >= 0.6 is 11.8 Å². The number of nitrogens with zero attached hydrogens (tertiary/aromatic N) is 1. The van der Waals surface area contributed by atoms with Crippen molar-refractivity contribution in [1.29, 1.82) is 0 Å². The van der Waals surface area contributed by atoms with E-state index in [9.17, 15) is 13.2 Å². The summed E-state index contributed by atoms with van der Waals surface area (Å²) in [7, 11) is 0. The van der Waals surface area contributed by atoms with E-state index in [-0.39, 0.29) is 5.75 Å². The van der Waals surface area contributed by atoms with Gasteiger partial charge >= 0.3 is 6.36 Å². The van der Waals surface area contributed by atoms with Gasteiger partial charge in [-0.15, -0.1) is 24.9 Å². The Morgan fingerprint density at radius 1 is 1.24 bits per heavy atom. The summed E-state index contributed by atoms with van der Waals surface area (Å²) >= 11 is 1.66. The standard InChI is InChI=1S/C10H9F3N2OS/c11-10(12,13)16-8-3-1-7(2-4-8)9-5-17-6-14-15-9/h1-4,14H,5-6H2. The molecule has 17 heavy (non-hydrogen) atoms. The summed E-state index contributed by atoms with van der Waals surface area (Å²) in [5, 5.41) is 4.09. The van der Waals surface area contributed by atoms with Gasteiger partial charge < -0.3 is 4.74 Å². The van der Waals surface area contributed by atoms with E-state index in [4.69, 9.17) is 0 Å². The van der Waals surface area contributed by atoms with E-state index in [2.05, 4.69) is 15.3 Å². The molecule has 0 aromatic heterocycles. The molecule has 0 unspecified atom stereocenters. The van der Waals surface area contributed by atoms with E-state index in [0.717, 1.165) is 22.9 Å². The predicted octanol–water partition coefficient (Wildman–Crippen LogP) is 2.58. The molecule has 0 bridgehead atoms. The Bertz CT molecular complexity index is 417. The van der Waals surface area contributed by atoms with Crippen LogP contribution in [-0.2, 0) is 0 Å². The molecule has 1 aromatic carbocycles. The Balaban J connectivity index is 2.10. The van der Waals surface area contributed by atoms with Crippen LogP contribution in [0.2, 0.25) is 0 Å². The van der Waals surface area contributed by atoms with Crippen molar-refractivity contribution in [3.63, 3.8) is 0 Å². The molecule has 0 radical (unpaired) electrons. The van der Waals surface area contributed by atoms with Gasteiger partial charge in [0.05, 0.1) is 11.6 Å². The van der Waals surface area contributed by atoms with Gasteiger partial charge in [0.1, 0.15) is 5.75 Å². The first kappa shape index (κ1) is 12.1.